The average Bonchev–Trinajstić information content (AvgIpc) is 2.00. The SMILES string of the molecule is C=CCNC(=C)C(=O)OCC. The number of hydrogen-bond acceptors (Lipinski definition) is 3. The van der Waals surface area contributed by atoms with E-state index in [1.54, 1.807) is 13.0 Å². The van der Waals surface area contributed by atoms with E-state index in [0.717, 1.165) is 0 Å². The number of hydrogen-bond donors (Lipinski definition) is 1. The lowest BCUT2D eigenvalue weighted by atomic mass is 10.4. The third kappa shape index (κ3) is 4.19. The van der Waals surface area contributed by atoms with Crippen LogP contribution in [0.25, 0.3) is 0 Å². The van der Waals surface area contributed by atoms with Gasteiger partial charge >= 0.3 is 5.97 Å². The molecule has 0 spiro atoms. The van der Waals surface area contributed by atoms with Gasteiger partial charge in [0.25, 0.3) is 0 Å². The van der Waals surface area contributed by atoms with Gasteiger partial charge < -0.3 is 10.1 Å². The fourth-order valence-electron chi connectivity index (χ4n) is 0.486. The van der Waals surface area contributed by atoms with Crippen molar-refractivity contribution in [3.8, 4) is 0 Å². The summed E-state index contributed by atoms with van der Waals surface area (Å²) in [4.78, 5) is 10.8. The quantitative estimate of drug-likeness (QED) is 0.363. The summed E-state index contributed by atoms with van der Waals surface area (Å²) in [5, 5.41) is 2.73. The van der Waals surface area contributed by atoms with Gasteiger partial charge in [0.05, 0.1) is 6.61 Å². The van der Waals surface area contributed by atoms with Crippen molar-refractivity contribution >= 4 is 5.97 Å². The Morgan fingerprint density at radius 2 is 2.36 bits per heavy atom. The predicted molar refractivity (Wildman–Crippen MR) is 44.0 cm³/mol. The molecule has 0 aromatic heterocycles. The van der Waals surface area contributed by atoms with Gasteiger partial charge in [-0.05, 0) is 6.92 Å². The maximum atomic E-state index is 10.8. The molecule has 0 aliphatic carbocycles. The summed E-state index contributed by atoms with van der Waals surface area (Å²) >= 11 is 0. The van der Waals surface area contributed by atoms with Crippen molar-refractivity contribution in [2.24, 2.45) is 0 Å². The van der Waals surface area contributed by atoms with Crippen molar-refractivity contribution in [3.63, 3.8) is 0 Å². The highest BCUT2D eigenvalue weighted by atomic mass is 16.5. The second kappa shape index (κ2) is 5.53. The Bertz CT molecular complexity index is 163. The first-order valence-electron chi connectivity index (χ1n) is 3.43. The van der Waals surface area contributed by atoms with Crippen LogP contribution in [0.3, 0.4) is 0 Å². The summed E-state index contributed by atoms with van der Waals surface area (Å²) in [6.45, 7) is 9.60. The van der Waals surface area contributed by atoms with Crippen LogP contribution in [0, 0.1) is 0 Å². The van der Waals surface area contributed by atoms with Crippen molar-refractivity contribution in [2.75, 3.05) is 13.2 Å². The van der Waals surface area contributed by atoms with E-state index in [1.165, 1.54) is 0 Å². The second-order valence-corrected chi connectivity index (χ2v) is 1.87. The van der Waals surface area contributed by atoms with Crippen molar-refractivity contribution in [1.29, 1.82) is 0 Å². The Morgan fingerprint density at radius 3 is 2.82 bits per heavy atom. The maximum absolute atomic E-state index is 10.8. The minimum Gasteiger partial charge on any atom is -0.461 e. The van der Waals surface area contributed by atoms with E-state index in [0.29, 0.717) is 13.2 Å². The summed E-state index contributed by atoms with van der Waals surface area (Å²) in [5.41, 5.74) is 0.270. The summed E-state index contributed by atoms with van der Waals surface area (Å²) < 4.78 is 4.67. The first-order valence-corrected chi connectivity index (χ1v) is 3.43. The summed E-state index contributed by atoms with van der Waals surface area (Å²) in [5.74, 6) is -0.408. The summed E-state index contributed by atoms with van der Waals surface area (Å²) in [6.07, 6.45) is 1.64. The highest BCUT2D eigenvalue weighted by molar-refractivity contribution is 5.86. The molecule has 0 bridgehead atoms. The normalized spacial score (nSPS) is 8.45. The molecule has 0 heterocycles. The minimum absolute atomic E-state index is 0.270. The standard InChI is InChI=1S/C8H13NO2/c1-4-6-9-7(3)8(10)11-5-2/h4,9H,1,3,5-6H2,2H3. The van der Waals surface area contributed by atoms with Gasteiger partial charge in [0.1, 0.15) is 5.70 Å². The Morgan fingerprint density at radius 1 is 1.73 bits per heavy atom. The van der Waals surface area contributed by atoms with Crippen LogP contribution >= 0.6 is 0 Å². The van der Waals surface area contributed by atoms with Crippen LogP contribution in [0.4, 0.5) is 0 Å². The van der Waals surface area contributed by atoms with Crippen molar-refractivity contribution in [2.45, 2.75) is 6.92 Å². The number of nitrogens with one attached hydrogen (secondary N) is 1. The van der Waals surface area contributed by atoms with Crippen LogP contribution in [-0.4, -0.2) is 19.1 Å². The molecule has 0 radical (unpaired) electrons. The average molecular weight is 155 g/mol. The Labute approximate surface area is 66.7 Å². The monoisotopic (exact) mass is 155 g/mol. The molecule has 0 unspecified atom stereocenters. The lowest BCUT2D eigenvalue weighted by molar-refractivity contribution is -0.138. The molecule has 0 fully saturated rings. The minimum atomic E-state index is -0.408. The smallest absolute Gasteiger partial charge is 0.353 e. The second-order valence-electron chi connectivity index (χ2n) is 1.87. The van der Waals surface area contributed by atoms with Crippen LogP contribution in [0.15, 0.2) is 24.9 Å². The molecule has 3 nitrogen and oxygen atoms in total. The van der Waals surface area contributed by atoms with E-state index in [2.05, 4.69) is 23.2 Å². The zero-order chi connectivity index (χ0) is 8.69. The maximum Gasteiger partial charge on any atom is 0.353 e. The fourth-order valence-corrected chi connectivity index (χ4v) is 0.486. The van der Waals surface area contributed by atoms with Gasteiger partial charge in [-0.1, -0.05) is 12.7 Å². The highest BCUT2D eigenvalue weighted by Crippen LogP contribution is 1.88. The molecule has 0 amide bonds. The van der Waals surface area contributed by atoms with E-state index in [4.69, 9.17) is 0 Å². The number of esters is 1. The Hall–Kier alpha value is -1.25. The highest BCUT2D eigenvalue weighted by Gasteiger charge is 2.04. The van der Waals surface area contributed by atoms with Gasteiger partial charge in [-0.3, -0.25) is 0 Å². The third-order valence-corrected chi connectivity index (χ3v) is 0.982. The molecule has 0 rings (SSSR count). The molecule has 3 heteroatoms. The van der Waals surface area contributed by atoms with Crippen LogP contribution in [-0.2, 0) is 9.53 Å². The van der Waals surface area contributed by atoms with Crippen LogP contribution in [0.5, 0.6) is 0 Å². The van der Waals surface area contributed by atoms with Crippen molar-refractivity contribution in [3.05, 3.63) is 24.9 Å². The number of ether oxygens (including phenoxy) is 1. The topological polar surface area (TPSA) is 38.3 Å². The molecule has 0 atom stereocenters. The molecule has 0 saturated carbocycles. The fraction of sp³-hybridized carbons (Fsp3) is 0.375. The predicted octanol–water partition coefficient (Wildman–Crippen LogP) is 0.839. The van der Waals surface area contributed by atoms with E-state index >= 15 is 0 Å². The molecule has 1 N–H and O–H groups in total. The van der Waals surface area contributed by atoms with Gasteiger partial charge in [-0.2, -0.15) is 0 Å². The van der Waals surface area contributed by atoms with E-state index in [9.17, 15) is 4.79 Å². The molecule has 0 aromatic rings. The zero-order valence-corrected chi connectivity index (χ0v) is 6.72. The van der Waals surface area contributed by atoms with Gasteiger partial charge in [0.15, 0.2) is 0 Å². The van der Waals surface area contributed by atoms with Gasteiger partial charge in [0, 0.05) is 6.54 Å². The summed E-state index contributed by atoms with van der Waals surface area (Å²) in [7, 11) is 0. The molecular weight excluding hydrogens is 142 g/mol. The van der Waals surface area contributed by atoms with Crippen LogP contribution in [0.1, 0.15) is 6.92 Å². The van der Waals surface area contributed by atoms with E-state index in [-0.39, 0.29) is 5.70 Å². The van der Waals surface area contributed by atoms with Gasteiger partial charge in [0.2, 0.25) is 0 Å². The largest absolute Gasteiger partial charge is 0.461 e. The molecule has 0 aliphatic rings. The molecule has 0 saturated heterocycles. The lowest BCUT2D eigenvalue weighted by Crippen LogP contribution is -2.21. The Kier molecular flexibility index (Phi) is 4.90. The van der Waals surface area contributed by atoms with Gasteiger partial charge in [-0.15, -0.1) is 6.58 Å². The molecular formula is C8H13NO2. The Balaban J connectivity index is 3.64. The lowest BCUT2D eigenvalue weighted by Gasteiger charge is -2.05. The molecule has 0 aliphatic heterocycles. The zero-order valence-electron chi connectivity index (χ0n) is 6.72. The number of carbonyl (C=O) groups is 1. The van der Waals surface area contributed by atoms with Gasteiger partial charge in [-0.25, -0.2) is 4.79 Å². The first-order chi connectivity index (χ1) is 5.22. The van der Waals surface area contributed by atoms with Crippen molar-refractivity contribution < 1.29 is 9.53 Å². The van der Waals surface area contributed by atoms with Crippen molar-refractivity contribution in [1.82, 2.24) is 5.32 Å². The third-order valence-electron chi connectivity index (χ3n) is 0.982. The number of carbonyl (C=O) groups excluding carboxylic acids is 1. The summed E-state index contributed by atoms with van der Waals surface area (Å²) in [6, 6.07) is 0. The van der Waals surface area contributed by atoms with Crippen LogP contribution < -0.4 is 5.32 Å². The first kappa shape index (κ1) is 9.75. The van der Waals surface area contributed by atoms with E-state index in [1.807, 2.05) is 0 Å². The van der Waals surface area contributed by atoms with E-state index < -0.39 is 5.97 Å². The molecule has 62 valence electrons. The van der Waals surface area contributed by atoms with Crippen LogP contribution in [0.2, 0.25) is 0 Å². The molecule has 11 heavy (non-hydrogen) atoms. The molecule has 0 aromatic carbocycles. The number of rotatable bonds is 5.